The van der Waals surface area contributed by atoms with E-state index in [1.165, 1.54) is 0 Å². The van der Waals surface area contributed by atoms with Gasteiger partial charge in [-0.25, -0.2) is 4.79 Å². The number of anilines is 1. The first kappa shape index (κ1) is 15.2. The molecule has 0 aliphatic carbocycles. The average Bonchev–Trinajstić information content (AvgIpc) is 2.27. The van der Waals surface area contributed by atoms with Crippen LogP contribution >= 0.6 is 0 Å². The lowest BCUT2D eigenvalue weighted by molar-refractivity contribution is -0.116. The van der Waals surface area contributed by atoms with E-state index in [4.69, 9.17) is 4.74 Å². The van der Waals surface area contributed by atoms with Gasteiger partial charge in [-0.05, 0) is 44.0 Å². The Morgan fingerprint density at radius 1 is 1.11 bits per heavy atom. The highest BCUT2D eigenvalue weighted by atomic mass is 16.5. The molecule has 0 unspecified atom stereocenters. The van der Waals surface area contributed by atoms with Gasteiger partial charge in [0.2, 0.25) is 5.91 Å². The minimum absolute atomic E-state index is 0.0208. The van der Waals surface area contributed by atoms with Gasteiger partial charge in [-0.1, -0.05) is 13.8 Å². The van der Waals surface area contributed by atoms with Crippen LogP contribution in [0.3, 0.4) is 0 Å². The summed E-state index contributed by atoms with van der Waals surface area (Å²) in [5.41, 5.74) is 1.17. The number of ether oxygens (including phenoxy) is 1. The summed E-state index contributed by atoms with van der Waals surface area (Å²) in [7, 11) is 0. The zero-order valence-corrected chi connectivity index (χ0v) is 11.9. The molecule has 0 heterocycles. The van der Waals surface area contributed by atoms with Crippen LogP contribution in [0.25, 0.3) is 0 Å². The van der Waals surface area contributed by atoms with Crippen LogP contribution in [0.5, 0.6) is 0 Å². The maximum atomic E-state index is 11.6. The first-order valence-electron chi connectivity index (χ1n) is 6.49. The molecule has 4 heteroatoms. The summed E-state index contributed by atoms with van der Waals surface area (Å²) in [5.74, 6) is -0.0529. The lowest BCUT2D eigenvalue weighted by Gasteiger charge is -2.09. The Kier molecular flexibility index (Phi) is 5.55. The number of esters is 1. The fraction of sp³-hybridized carbons (Fsp3) is 0.467. The molecule has 0 radical (unpaired) electrons. The van der Waals surface area contributed by atoms with Crippen molar-refractivity contribution in [2.75, 3.05) is 5.32 Å². The van der Waals surface area contributed by atoms with Gasteiger partial charge >= 0.3 is 5.97 Å². The van der Waals surface area contributed by atoms with E-state index < -0.39 is 0 Å². The normalized spacial score (nSPS) is 10.6. The number of carbonyl (C=O) groups is 2. The van der Waals surface area contributed by atoms with Gasteiger partial charge in [0.15, 0.2) is 0 Å². The van der Waals surface area contributed by atoms with E-state index in [0.717, 1.165) is 0 Å². The van der Waals surface area contributed by atoms with Gasteiger partial charge < -0.3 is 10.1 Å². The smallest absolute Gasteiger partial charge is 0.338 e. The van der Waals surface area contributed by atoms with Crippen LogP contribution < -0.4 is 5.32 Å². The molecular weight excluding hydrogens is 242 g/mol. The number of amides is 1. The van der Waals surface area contributed by atoms with Gasteiger partial charge in [0.25, 0.3) is 0 Å². The van der Waals surface area contributed by atoms with Crippen LogP contribution in [-0.4, -0.2) is 18.0 Å². The summed E-state index contributed by atoms with van der Waals surface area (Å²) in [6, 6.07) is 6.70. The van der Waals surface area contributed by atoms with Crippen LogP contribution in [-0.2, 0) is 9.53 Å². The second-order valence-electron chi connectivity index (χ2n) is 5.18. The molecule has 104 valence electrons. The molecule has 19 heavy (non-hydrogen) atoms. The Morgan fingerprint density at radius 2 is 1.68 bits per heavy atom. The molecule has 0 fully saturated rings. The van der Waals surface area contributed by atoms with Gasteiger partial charge in [-0.3, -0.25) is 4.79 Å². The predicted molar refractivity (Wildman–Crippen MR) is 75.1 cm³/mol. The molecule has 1 aromatic carbocycles. The van der Waals surface area contributed by atoms with Gasteiger partial charge in [-0.15, -0.1) is 0 Å². The quantitative estimate of drug-likeness (QED) is 0.830. The molecule has 0 aliphatic rings. The second kappa shape index (κ2) is 6.92. The van der Waals surface area contributed by atoms with Crippen LogP contribution in [0.1, 0.15) is 44.5 Å². The van der Waals surface area contributed by atoms with Gasteiger partial charge in [-0.2, -0.15) is 0 Å². The Labute approximate surface area is 114 Å². The number of hydrogen-bond acceptors (Lipinski definition) is 3. The highest BCUT2D eigenvalue weighted by Crippen LogP contribution is 2.12. The summed E-state index contributed by atoms with van der Waals surface area (Å²) in [6.45, 7) is 7.59. The molecular formula is C15H21NO3. The van der Waals surface area contributed by atoms with E-state index in [1.54, 1.807) is 38.1 Å². The van der Waals surface area contributed by atoms with Crippen molar-refractivity contribution in [1.29, 1.82) is 0 Å². The SMILES string of the molecule is CC(C)CC(=O)Nc1ccc(C(=O)OC(C)C)cc1. The molecule has 0 spiro atoms. The zero-order chi connectivity index (χ0) is 14.4. The van der Waals surface area contributed by atoms with Crippen molar-refractivity contribution in [1.82, 2.24) is 0 Å². The van der Waals surface area contributed by atoms with Crippen LogP contribution in [0.4, 0.5) is 5.69 Å². The molecule has 0 bridgehead atoms. The van der Waals surface area contributed by atoms with E-state index >= 15 is 0 Å². The van der Waals surface area contributed by atoms with Crippen molar-refractivity contribution in [3.63, 3.8) is 0 Å². The lowest BCUT2D eigenvalue weighted by atomic mass is 10.1. The van der Waals surface area contributed by atoms with Gasteiger partial charge in [0.05, 0.1) is 11.7 Å². The Morgan fingerprint density at radius 3 is 2.16 bits per heavy atom. The van der Waals surface area contributed by atoms with Crippen LogP contribution in [0, 0.1) is 5.92 Å². The summed E-state index contributed by atoms with van der Waals surface area (Å²) in [5, 5.41) is 2.79. The summed E-state index contributed by atoms with van der Waals surface area (Å²) < 4.78 is 5.08. The minimum atomic E-state index is -0.352. The number of hydrogen-bond donors (Lipinski definition) is 1. The molecule has 0 saturated heterocycles. The standard InChI is InChI=1S/C15H21NO3/c1-10(2)9-14(17)16-13-7-5-12(6-8-13)15(18)19-11(3)4/h5-8,10-11H,9H2,1-4H3,(H,16,17). The maximum Gasteiger partial charge on any atom is 0.338 e. The van der Waals surface area contributed by atoms with E-state index in [1.807, 2.05) is 13.8 Å². The summed E-state index contributed by atoms with van der Waals surface area (Å²) in [6.07, 6.45) is 0.342. The Bertz CT molecular complexity index is 435. The van der Waals surface area contributed by atoms with E-state index in [0.29, 0.717) is 23.6 Å². The summed E-state index contributed by atoms with van der Waals surface area (Å²) >= 11 is 0. The molecule has 0 saturated carbocycles. The second-order valence-corrected chi connectivity index (χ2v) is 5.18. The number of benzene rings is 1. The monoisotopic (exact) mass is 263 g/mol. The number of nitrogens with one attached hydrogen (secondary N) is 1. The third kappa shape index (κ3) is 5.55. The first-order valence-corrected chi connectivity index (χ1v) is 6.49. The fourth-order valence-electron chi connectivity index (χ4n) is 1.55. The fourth-order valence-corrected chi connectivity index (χ4v) is 1.55. The topological polar surface area (TPSA) is 55.4 Å². The molecule has 1 N–H and O–H groups in total. The van der Waals surface area contributed by atoms with Gasteiger partial charge in [0, 0.05) is 12.1 Å². The van der Waals surface area contributed by atoms with Crippen molar-refractivity contribution in [3.05, 3.63) is 29.8 Å². The third-order valence-electron chi connectivity index (χ3n) is 2.34. The Hall–Kier alpha value is -1.84. The largest absolute Gasteiger partial charge is 0.459 e. The molecule has 4 nitrogen and oxygen atoms in total. The maximum absolute atomic E-state index is 11.6. The molecule has 1 rings (SSSR count). The molecule has 0 atom stereocenters. The van der Waals surface area contributed by atoms with Gasteiger partial charge in [0.1, 0.15) is 0 Å². The van der Waals surface area contributed by atoms with E-state index in [9.17, 15) is 9.59 Å². The van der Waals surface area contributed by atoms with Crippen LogP contribution in [0.2, 0.25) is 0 Å². The highest BCUT2D eigenvalue weighted by molar-refractivity contribution is 5.93. The van der Waals surface area contributed by atoms with Crippen LogP contribution in [0.15, 0.2) is 24.3 Å². The van der Waals surface area contributed by atoms with Crippen molar-refractivity contribution < 1.29 is 14.3 Å². The highest BCUT2D eigenvalue weighted by Gasteiger charge is 2.10. The lowest BCUT2D eigenvalue weighted by Crippen LogP contribution is -2.14. The molecule has 0 aromatic heterocycles. The van der Waals surface area contributed by atoms with Crippen molar-refractivity contribution in [2.24, 2.45) is 5.92 Å². The van der Waals surface area contributed by atoms with Crippen molar-refractivity contribution in [2.45, 2.75) is 40.2 Å². The zero-order valence-electron chi connectivity index (χ0n) is 11.9. The number of carbonyl (C=O) groups excluding carboxylic acids is 2. The third-order valence-corrected chi connectivity index (χ3v) is 2.34. The summed E-state index contributed by atoms with van der Waals surface area (Å²) in [4.78, 5) is 23.2. The minimum Gasteiger partial charge on any atom is -0.459 e. The van der Waals surface area contributed by atoms with E-state index in [-0.39, 0.29) is 18.0 Å². The first-order chi connectivity index (χ1) is 8.88. The predicted octanol–water partition coefficient (Wildman–Crippen LogP) is 3.24. The average molecular weight is 263 g/mol. The number of rotatable bonds is 5. The van der Waals surface area contributed by atoms with Crippen molar-refractivity contribution in [3.8, 4) is 0 Å². The van der Waals surface area contributed by atoms with Crippen molar-refractivity contribution >= 4 is 17.6 Å². The molecule has 1 amide bonds. The molecule has 0 aliphatic heterocycles. The molecule has 1 aromatic rings. The van der Waals surface area contributed by atoms with E-state index in [2.05, 4.69) is 5.32 Å². The Balaban J connectivity index is 2.61.